The molecule has 0 unspecified atom stereocenters. The second-order valence-electron chi connectivity index (χ2n) is 5.51. The third-order valence-corrected chi connectivity index (χ3v) is 3.93. The van der Waals surface area contributed by atoms with Gasteiger partial charge < -0.3 is 24.3 Å². The Hall–Kier alpha value is -3.00. The van der Waals surface area contributed by atoms with Gasteiger partial charge in [0.05, 0.1) is 26.9 Å². The Kier molecular flexibility index (Phi) is 7.45. The molecular formula is C19H19ClFNO6. The average molecular weight is 412 g/mol. The minimum Gasteiger partial charge on any atom is -0.493 e. The van der Waals surface area contributed by atoms with E-state index in [0.717, 1.165) is 12.1 Å². The lowest BCUT2D eigenvalue weighted by Crippen LogP contribution is -2.28. The van der Waals surface area contributed by atoms with Crippen LogP contribution in [-0.4, -0.2) is 39.8 Å². The first kappa shape index (κ1) is 21.3. The Morgan fingerprint density at radius 1 is 1.04 bits per heavy atom. The highest BCUT2D eigenvalue weighted by molar-refractivity contribution is 6.30. The number of rotatable bonds is 8. The molecule has 2 aromatic carbocycles. The fourth-order valence-corrected chi connectivity index (χ4v) is 2.52. The number of ether oxygens (including phenoxy) is 4. The third kappa shape index (κ3) is 5.26. The quantitative estimate of drug-likeness (QED) is 0.672. The maximum atomic E-state index is 13.6. The highest BCUT2D eigenvalue weighted by Gasteiger charge is 2.16. The Morgan fingerprint density at radius 3 is 2.25 bits per heavy atom. The number of amides is 1. The number of nitrogens with one attached hydrogen (secondary N) is 1. The van der Waals surface area contributed by atoms with E-state index >= 15 is 0 Å². The average Bonchev–Trinajstić information content (AvgIpc) is 2.71. The van der Waals surface area contributed by atoms with E-state index in [0.29, 0.717) is 22.8 Å². The van der Waals surface area contributed by atoms with E-state index in [4.69, 9.17) is 30.5 Å². The fraction of sp³-hybridized carbons (Fsp3) is 0.263. The van der Waals surface area contributed by atoms with Crippen LogP contribution in [0.15, 0.2) is 30.3 Å². The molecule has 0 spiro atoms. The van der Waals surface area contributed by atoms with Crippen molar-refractivity contribution in [2.45, 2.75) is 6.54 Å². The zero-order chi connectivity index (χ0) is 20.7. The van der Waals surface area contributed by atoms with Gasteiger partial charge in [0, 0.05) is 11.6 Å². The minimum absolute atomic E-state index is 0.124. The van der Waals surface area contributed by atoms with Gasteiger partial charge in [0.15, 0.2) is 18.1 Å². The van der Waals surface area contributed by atoms with Crippen molar-refractivity contribution in [2.24, 2.45) is 0 Å². The molecule has 1 amide bonds. The van der Waals surface area contributed by atoms with Gasteiger partial charge in [0.1, 0.15) is 5.82 Å². The molecule has 7 nitrogen and oxygen atoms in total. The predicted octanol–water partition coefficient (Wildman–Crippen LogP) is 2.98. The normalized spacial score (nSPS) is 10.2. The lowest BCUT2D eigenvalue weighted by molar-refractivity contribution is -0.124. The molecule has 150 valence electrons. The van der Waals surface area contributed by atoms with E-state index in [1.54, 1.807) is 12.1 Å². The number of benzene rings is 2. The molecule has 0 bridgehead atoms. The number of carbonyl (C=O) groups excluding carboxylic acids is 2. The number of hydrogen-bond acceptors (Lipinski definition) is 6. The molecule has 0 radical (unpaired) electrons. The summed E-state index contributed by atoms with van der Waals surface area (Å²) in [5, 5.41) is 2.76. The molecule has 0 aliphatic carbocycles. The largest absolute Gasteiger partial charge is 0.493 e. The Bertz CT molecular complexity index is 848. The Morgan fingerprint density at radius 2 is 1.68 bits per heavy atom. The Balaban J connectivity index is 1.95. The van der Waals surface area contributed by atoms with Crippen LogP contribution in [0.4, 0.5) is 4.39 Å². The van der Waals surface area contributed by atoms with E-state index in [1.807, 2.05) is 0 Å². The standard InChI is InChI=1S/C19H19ClFNO6/c1-25-15-6-11(7-16(26-2)18(15)27-3)9-22-17(23)10-28-19(24)13-8-12(20)4-5-14(13)21/h4-8H,9-10H2,1-3H3,(H,22,23). The zero-order valence-corrected chi connectivity index (χ0v) is 16.3. The summed E-state index contributed by atoms with van der Waals surface area (Å²) < 4.78 is 34.2. The summed E-state index contributed by atoms with van der Waals surface area (Å²) in [5.41, 5.74) is 0.333. The fourth-order valence-electron chi connectivity index (χ4n) is 2.35. The second-order valence-corrected chi connectivity index (χ2v) is 5.95. The summed E-state index contributed by atoms with van der Waals surface area (Å²) in [5.74, 6) is -1.03. The van der Waals surface area contributed by atoms with Crippen molar-refractivity contribution in [2.75, 3.05) is 27.9 Å². The smallest absolute Gasteiger partial charge is 0.341 e. The Labute approximate surface area is 166 Å². The summed E-state index contributed by atoms with van der Waals surface area (Å²) in [7, 11) is 4.45. The van der Waals surface area contributed by atoms with Crippen LogP contribution < -0.4 is 19.5 Å². The van der Waals surface area contributed by atoms with Crippen LogP contribution in [0.3, 0.4) is 0 Å². The molecule has 0 fully saturated rings. The van der Waals surface area contributed by atoms with Gasteiger partial charge in [-0.2, -0.15) is 0 Å². The highest BCUT2D eigenvalue weighted by Crippen LogP contribution is 2.38. The molecule has 2 rings (SSSR count). The molecular weight excluding hydrogens is 393 g/mol. The van der Waals surface area contributed by atoms with Crippen molar-refractivity contribution in [3.05, 3.63) is 52.3 Å². The van der Waals surface area contributed by atoms with Crippen molar-refractivity contribution >= 4 is 23.5 Å². The van der Waals surface area contributed by atoms with Crippen LogP contribution in [-0.2, 0) is 16.1 Å². The van der Waals surface area contributed by atoms with Crippen molar-refractivity contribution in [3.8, 4) is 17.2 Å². The maximum Gasteiger partial charge on any atom is 0.341 e. The molecule has 28 heavy (non-hydrogen) atoms. The molecule has 2 aromatic rings. The summed E-state index contributed by atoms with van der Waals surface area (Å²) in [6, 6.07) is 6.83. The van der Waals surface area contributed by atoms with E-state index < -0.39 is 24.3 Å². The first-order chi connectivity index (χ1) is 13.4. The van der Waals surface area contributed by atoms with Crippen LogP contribution in [0, 0.1) is 5.82 Å². The van der Waals surface area contributed by atoms with Crippen molar-refractivity contribution in [3.63, 3.8) is 0 Å². The number of hydrogen-bond donors (Lipinski definition) is 1. The predicted molar refractivity (Wildman–Crippen MR) is 99.6 cm³/mol. The van der Waals surface area contributed by atoms with Gasteiger partial charge in [-0.15, -0.1) is 0 Å². The molecule has 0 aromatic heterocycles. The van der Waals surface area contributed by atoms with Crippen molar-refractivity contribution in [1.82, 2.24) is 5.32 Å². The number of methoxy groups -OCH3 is 3. The number of halogens is 2. The van der Waals surface area contributed by atoms with E-state index in [9.17, 15) is 14.0 Å². The van der Waals surface area contributed by atoms with Crippen LogP contribution in [0.25, 0.3) is 0 Å². The van der Waals surface area contributed by atoms with Crippen LogP contribution in [0.2, 0.25) is 5.02 Å². The molecule has 0 heterocycles. The molecule has 0 saturated carbocycles. The maximum absolute atomic E-state index is 13.6. The minimum atomic E-state index is -0.983. The van der Waals surface area contributed by atoms with Gasteiger partial charge in [-0.1, -0.05) is 11.6 Å². The summed E-state index contributed by atoms with van der Waals surface area (Å²) in [6.07, 6.45) is 0. The molecule has 9 heteroatoms. The topological polar surface area (TPSA) is 83.1 Å². The van der Waals surface area contributed by atoms with Gasteiger partial charge >= 0.3 is 5.97 Å². The van der Waals surface area contributed by atoms with Crippen LogP contribution in [0.5, 0.6) is 17.2 Å². The summed E-state index contributed by atoms with van der Waals surface area (Å²) in [4.78, 5) is 23.8. The van der Waals surface area contributed by atoms with Crippen LogP contribution in [0.1, 0.15) is 15.9 Å². The van der Waals surface area contributed by atoms with Crippen LogP contribution >= 0.6 is 11.6 Å². The van der Waals surface area contributed by atoms with Gasteiger partial charge in [-0.25, -0.2) is 9.18 Å². The second kappa shape index (κ2) is 9.80. The first-order valence-corrected chi connectivity index (χ1v) is 8.45. The van der Waals surface area contributed by atoms with E-state index in [-0.39, 0.29) is 17.1 Å². The molecule has 0 saturated heterocycles. The molecule has 0 aliphatic rings. The van der Waals surface area contributed by atoms with Gasteiger partial charge in [-0.05, 0) is 35.9 Å². The highest BCUT2D eigenvalue weighted by atomic mass is 35.5. The molecule has 1 N–H and O–H groups in total. The summed E-state index contributed by atoms with van der Waals surface area (Å²) >= 11 is 5.73. The molecule has 0 atom stereocenters. The summed E-state index contributed by atoms with van der Waals surface area (Å²) in [6.45, 7) is -0.451. The van der Waals surface area contributed by atoms with Crippen molar-refractivity contribution < 1.29 is 32.9 Å². The zero-order valence-electron chi connectivity index (χ0n) is 15.5. The van der Waals surface area contributed by atoms with Gasteiger partial charge in [0.2, 0.25) is 5.75 Å². The third-order valence-electron chi connectivity index (χ3n) is 3.70. The first-order valence-electron chi connectivity index (χ1n) is 8.07. The van der Waals surface area contributed by atoms with E-state index in [1.165, 1.54) is 27.4 Å². The lowest BCUT2D eigenvalue weighted by atomic mass is 10.1. The number of esters is 1. The molecule has 0 aliphatic heterocycles. The van der Waals surface area contributed by atoms with E-state index in [2.05, 4.69) is 5.32 Å². The van der Waals surface area contributed by atoms with Gasteiger partial charge in [-0.3, -0.25) is 4.79 Å². The van der Waals surface area contributed by atoms with Crippen molar-refractivity contribution in [1.29, 1.82) is 0 Å². The lowest BCUT2D eigenvalue weighted by Gasteiger charge is -2.14. The SMILES string of the molecule is COc1cc(CNC(=O)COC(=O)c2cc(Cl)ccc2F)cc(OC)c1OC. The number of carbonyl (C=O) groups is 2. The monoisotopic (exact) mass is 411 g/mol. The van der Waals surface area contributed by atoms with Gasteiger partial charge in [0.25, 0.3) is 5.91 Å².